The number of pyridine rings is 1. The molecule has 2 heterocycles. The summed E-state index contributed by atoms with van der Waals surface area (Å²) < 4.78 is 1.70. The van der Waals surface area contributed by atoms with Crippen LogP contribution in [-0.2, 0) is 26.3 Å². The molecule has 5 nitrogen and oxygen atoms in total. The first-order valence-electron chi connectivity index (χ1n) is 8.41. The number of nitrogens with zero attached hydrogens (tertiary/aromatic N) is 2. The van der Waals surface area contributed by atoms with Crippen LogP contribution in [0, 0.1) is 0 Å². The molecule has 3 rings (SSSR count). The van der Waals surface area contributed by atoms with Crippen LogP contribution in [0.15, 0.2) is 41.2 Å². The fourth-order valence-corrected chi connectivity index (χ4v) is 3.24. The van der Waals surface area contributed by atoms with Gasteiger partial charge in [-0.15, -0.1) is 0 Å². The first kappa shape index (κ1) is 16.3. The molecule has 1 aromatic heterocycles. The Morgan fingerprint density at radius 2 is 1.88 bits per heavy atom. The van der Waals surface area contributed by atoms with E-state index in [0.29, 0.717) is 19.5 Å². The molecular weight excluding hydrogens is 302 g/mol. The smallest absolute Gasteiger partial charge is 0.321 e. The minimum Gasteiger partial charge on any atom is -0.324 e. The topological polar surface area (TPSA) is 54.3 Å². The number of para-hydroxylation sites is 1. The maximum absolute atomic E-state index is 12.6. The lowest BCUT2D eigenvalue weighted by Gasteiger charge is -2.21. The Morgan fingerprint density at radius 3 is 2.67 bits per heavy atom. The molecule has 0 radical (unpaired) electrons. The van der Waals surface area contributed by atoms with Gasteiger partial charge in [-0.1, -0.05) is 31.2 Å². The first-order valence-corrected chi connectivity index (χ1v) is 8.41. The van der Waals surface area contributed by atoms with E-state index < -0.39 is 0 Å². The van der Waals surface area contributed by atoms with Crippen LogP contribution in [0.2, 0.25) is 0 Å². The van der Waals surface area contributed by atoms with E-state index >= 15 is 0 Å². The Morgan fingerprint density at radius 1 is 1.12 bits per heavy atom. The predicted octanol–water partition coefficient (Wildman–Crippen LogP) is 2.58. The molecule has 0 spiro atoms. The molecule has 1 N–H and O–H groups in total. The van der Waals surface area contributed by atoms with Crippen LogP contribution in [0.1, 0.15) is 23.7 Å². The fourth-order valence-electron chi connectivity index (χ4n) is 3.24. The van der Waals surface area contributed by atoms with Crippen molar-refractivity contribution in [2.24, 2.45) is 7.05 Å². The van der Waals surface area contributed by atoms with Gasteiger partial charge in [0.1, 0.15) is 0 Å². The number of rotatable bonds is 2. The molecule has 2 amide bonds. The number of carbonyl (C=O) groups is 1. The number of amides is 2. The van der Waals surface area contributed by atoms with E-state index in [1.165, 1.54) is 0 Å². The van der Waals surface area contributed by atoms with E-state index in [2.05, 4.69) is 12.2 Å². The van der Waals surface area contributed by atoms with Crippen LogP contribution in [-0.4, -0.2) is 28.6 Å². The molecule has 1 aromatic carbocycles. The van der Waals surface area contributed by atoms with Crippen molar-refractivity contribution >= 4 is 11.7 Å². The highest BCUT2D eigenvalue weighted by Gasteiger charge is 2.20. The van der Waals surface area contributed by atoms with E-state index in [-0.39, 0.29) is 11.6 Å². The summed E-state index contributed by atoms with van der Waals surface area (Å²) in [5, 5.41) is 3.03. The monoisotopic (exact) mass is 325 g/mol. The SMILES string of the molecule is CCc1ccccc1NC(=O)N1CCc2ccc(=O)n(C)c2CC1. The summed E-state index contributed by atoms with van der Waals surface area (Å²) in [7, 11) is 1.80. The molecule has 24 heavy (non-hydrogen) atoms. The Balaban J connectivity index is 1.74. The summed E-state index contributed by atoms with van der Waals surface area (Å²) in [6, 6.07) is 11.3. The number of nitrogens with one attached hydrogen (secondary N) is 1. The molecule has 2 aromatic rings. The van der Waals surface area contributed by atoms with Crippen molar-refractivity contribution in [3.8, 4) is 0 Å². The van der Waals surface area contributed by atoms with Crippen LogP contribution in [0.25, 0.3) is 0 Å². The van der Waals surface area contributed by atoms with Gasteiger partial charge in [-0.3, -0.25) is 4.79 Å². The van der Waals surface area contributed by atoms with E-state index in [9.17, 15) is 9.59 Å². The Bertz CT molecular complexity index is 810. The number of hydrogen-bond donors (Lipinski definition) is 1. The van der Waals surface area contributed by atoms with E-state index in [0.717, 1.165) is 35.3 Å². The molecular formula is C19H23N3O2. The zero-order valence-corrected chi connectivity index (χ0v) is 14.2. The maximum atomic E-state index is 12.6. The van der Waals surface area contributed by atoms with Gasteiger partial charge >= 0.3 is 6.03 Å². The number of hydrogen-bond acceptors (Lipinski definition) is 2. The first-order chi connectivity index (χ1) is 11.6. The van der Waals surface area contributed by atoms with E-state index in [4.69, 9.17) is 0 Å². The number of aromatic nitrogens is 1. The minimum absolute atomic E-state index is 0.00326. The molecule has 0 fully saturated rings. The second-order valence-corrected chi connectivity index (χ2v) is 6.13. The molecule has 0 saturated heterocycles. The van der Waals surface area contributed by atoms with Crippen molar-refractivity contribution in [1.29, 1.82) is 0 Å². The number of aryl methyl sites for hydroxylation is 1. The summed E-state index contributed by atoms with van der Waals surface area (Å²) in [5.74, 6) is 0. The third kappa shape index (κ3) is 3.20. The molecule has 0 bridgehead atoms. The van der Waals surface area contributed by atoms with Crippen LogP contribution in [0.4, 0.5) is 10.5 Å². The maximum Gasteiger partial charge on any atom is 0.321 e. The molecule has 0 unspecified atom stereocenters. The molecule has 1 aliphatic heterocycles. The fraction of sp³-hybridized carbons (Fsp3) is 0.368. The minimum atomic E-state index is -0.0753. The third-order valence-electron chi connectivity index (χ3n) is 4.73. The average molecular weight is 325 g/mol. The van der Waals surface area contributed by atoms with Crippen molar-refractivity contribution in [2.75, 3.05) is 18.4 Å². The zero-order chi connectivity index (χ0) is 17.1. The molecule has 0 saturated carbocycles. The van der Waals surface area contributed by atoms with Gasteiger partial charge in [0.2, 0.25) is 5.56 Å². The lowest BCUT2D eigenvalue weighted by molar-refractivity contribution is 0.214. The zero-order valence-electron chi connectivity index (χ0n) is 14.2. The van der Waals surface area contributed by atoms with E-state index in [1.807, 2.05) is 35.2 Å². The van der Waals surface area contributed by atoms with Crippen molar-refractivity contribution < 1.29 is 4.79 Å². The standard InChI is InChI=1S/C19H23N3O2/c1-3-14-6-4-5-7-16(14)20-19(24)22-12-10-15-8-9-18(23)21(2)17(15)11-13-22/h4-9H,3,10-13H2,1-2H3,(H,20,24). The van der Waals surface area contributed by atoms with Gasteiger partial charge in [0.25, 0.3) is 0 Å². The van der Waals surface area contributed by atoms with E-state index in [1.54, 1.807) is 17.7 Å². The second kappa shape index (κ2) is 6.91. The van der Waals surface area contributed by atoms with Crippen LogP contribution in [0.3, 0.4) is 0 Å². The highest BCUT2D eigenvalue weighted by molar-refractivity contribution is 5.90. The van der Waals surface area contributed by atoms with Gasteiger partial charge in [-0.25, -0.2) is 4.79 Å². The summed E-state index contributed by atoms with van der Waals surface area (Å²) in [6.07, 6.45) is 2.35. The van der Waals surface area contributed by atoms with Gasteiger partial charge in [-0.2, -0.15) is 0 Å². The van der Waals surface area contributed by atoms with Crippen molar-refractivity contribution in [3.05, 3.63) is 63.6 Å². The van der Waals surface area contributed by atoms with Crippen LogP contribution in [0.5, 0.6) is 0 Å². The lowest BCUT2D eigenvalue weighted by Crippen LogP contribution is -2.37. The second-order valence-electron chi connectivity index (χ2n) is 6.13. The van der Waals surface area contributed by atoms with Gasteiger partial charge in [0, 0.05) is 44.0 Å². The third-order valence-corrected chi connectivity index (χ3v) is 4.73. The predicted molar refractivity (Wildman–Crippen MR) is 95.5 cm³/mol. The number of urea groups is 1. The number of anilines is 1. The Hall–Kier alpha value is -2.56. The quantitative estimate of drug-likeness (QED) is 0.923. The van der Waals surface area contributed by atoms with Crippen LogP contribution >= 0.6 is 0 Å². The highest BCUT2D eigenvalue weighted by Crippen LogP contribution is 2.18. The highest BCUT2D eigenvalue weighted by atomic mass is 16.2. The number of carbonyl (C=O) groups excluding carboxylic acids is 1. The summed E-state index contributed by atoms with van der Waals surface area (Å²) in [5.41, 5.74) is 4.20. The van der Waals surface area contributed by atoms with Crippen molar-refractivity contribution in [2.45, 2.75) is 26.2 Å². The summed E-state index contributed by atoms with van der Waals surface area (Å²) in [6.45, 7) is 3.35. The average Bonchev–Trinajstić information content (AvgIpc) is 2.82. The summed E-state index contributed by atoms with van der Waals surface area (Å²) >= 11 is 0. The Kier molecular flexibility index (Phi) is 4.69. The Labute approximate surface area is 141 Å². The number of benzene rings is 1. The van der Waals surface area contributed by atoms with Gasteiger partial charge in [0.05, 0.1) is 0 Å². The number of fused-ring (bicyclic) bond motifs is 1. The molecule has 5 heteroatoms. The molecule has 0 aliphatic carbocycles. The molecule has 1 aliphatic rings. The molecule has 0 atom stereocenters. The van der Waals surface area contributed by atoms with Crippen LogP contribution < -0.4 is 10.9 Å². The lowest BCUT2D eigenvalue weighted by atomic mass is 10.1. The van der Waals surface area contributed by atoms with Crippen molar-refractivity contribution in [3.63, 3.8) is 0 Å². The normalized spacial score (nSPS) is 14.0. The van der Waals surface area contributed by atoms with Gasteiger partial charge in [0.15, 0.2) is 0 Å². The largest absolute Gasteiger partial charge is 0.324 e. The van der Waals surface area contributed by atoms with Gasteiger partial charge < -0.3 is 14.8 Å². The van der Waals surface area contributed by atoms with Crippen molar-refractivity contribution in [1.82, 2.24) is 9.47 Å². The summed E-state index contributed by atoms with van der Waals surface area (Å²) in [4.78, 5) is 26.3. The molecule has 126 valence electrons. The van der Waals surface area contributed by atoms with Gasteiger partial charge in [-0.05, 0) is 30.0 Å².